The average molecular weight is 207 g/mol. The SMILES string of the molecule is COc1ccc(OCC(O)CC#N)cc1. The summed E-state index contributed by atoms with van der Waals surface area (Å²) in [5.74, 6) is 1.40. The standard InChI is InChI=1S/C11H13NO3/c1-14-10-2-4-11(5-3-10)15-8-9(13)6-7-12/h2-5,9,13H,6,8H2,1H3. The Morgan fingerprint density at radius 2 is 1.93 bits per heavy atom. The molecule has 0 bridgehead atoms. The maximum Gasteiger partial charge on any atom is 0.119 e. The lowest BCUT2D eigenvalue weighted by atomic mass is 10.3. The van der Waals surface area contributed by atoms with E-state index in [-0.39, 0.29) is 13.0 Å². The van der Waals surface area contributed by atoms with Gasteiger partial charge in [0.2, 0.25) is 0 Å². The second-order valence-electron chi connectivity index (χ2n) is 3.00. The van der Waals surface area contributed by atoms with E-state index in [4.69, 9.17) is 14.7 Å². The molecule has 0 fully saturated rings. The first-order valence-corrected chi connectivity index (χ1v) is 4.58. The fraction of sp³-hybridized carbons (Fsp3) is 0.364. The van der Waals surface area contributed by atoms with Crippen molar-refractivity contribution < 1.29 is 14.6 Å². The van der Waals surface area contributed by atoms with Crippen molar-refractivity contribution in [3.8, 4) is 17.6 Å². The Kier molecular flexibility index (Phi) is 4.45. The zero-order valence-corrected chi connectivity index (χ0v) is 8.51. The lowest BCUT2D eigenvalue weighted by molar-refractivity contribution is 0.111. The monoisotopic (exact) mass is 207 g/mol. The van der Waals surface area contributed by atoms with Gasteiger partial charge in [0.05, 0.1) is 19.6 Å². The molecular formula is C11H13NO3. The van der Waals surface area contributed by atoms with Crippen molar-refractivity contribution in [3.63, 3.8) is 0 Å². The van der Waals surface area contributed by atoms with E-state index in [1.807, 2.05) is 6.07 Å². The van der Waals surface area contributed by atoms with E-state index in [1.54, 1.807) is 31.4 Å². The molecule has 4 heteroatoms. The van der Waals surface area contributed by atoms with Crippen LogP contribution in [0, 0.1) is 11.3 Å². The van der Waals surface area contributed by atoms with Gasteiger partial charge in [0.1, 0.15) is 24.2 Å². The summed E-state index contributed by atoms with van der Waals surface area (Å²) in [5, 5.41) is 17.6. The van der Waals surface area contributed by atoms with E-state index >= 15 is 0 Å². The summed E-state index contributed by atoms with van der Waals surface area (Å²) < 4.78 is 10.2. The highest BCUT2D eigenvalue weighted by molar-refractivity contribution is 5.31. The van der Waals surface area contributed by atoms with Gasteiger partial charge in [0, 0.05) is 0 Å². The van der Waals surface area contributed by atoms with Gasteiger partial charge < -0.3 is 14.6 Å². The molecule has 0 aliphatic carbocycles. The molecule has 0 spiro atoms. The lowest BCUT2D eigenvalue weighted by Crippen LogP contribution is -2.16. The van der Waals surface area contributed by atoms with Gasteiger partial charge in [-0.2, -0.15) is 5.26 Å². The molecule has 0 heterocycles. The number of aliphatic hydroxyl groups excluding tert-OH is 1. The minimum absolute atomic E-state index is 0.0795. The smallest absolute Gasteiger partial charge is 0.119 e. The van der Waals surface area contributed by atoms with Crippen molar-refractivity contribution in [1.82, 2.24) is 0 Å². The molecule has 15 heavy (non-hydrogen) atoms. The van der Waals surface area contributed by atoms with Crippen LogP contribution in [0.15, 0.2) is 24.3 Å². The van der Waals surface area contributed by atoms with Crippen LogP contribution in [0.2, 0.25) is 0 Å². The largest absolute Gasteiger partial charge is 0.497 e. The number of aliphatic hydroxyl groups is 1. The van der Waals surface area contributed by atoms with E-state index in [0.717, 1.165) is 5.75 Å². The van der Waals surface area contributed by atoms with Crippen LogP contribution in [-0.4, -0.2) is 24.9 Å². The molecule has 0 saturated heterocycles. The normalized spacial score (nSPS) is 11.5. The second-order valence-corrected chi connectivity index (χ2v) is 3.00. The molecule has 1 aromatic carbocycles. The molecule has 1 rings (SSSR count). The zero-order valence-electron chi connectivity index (χ0n) is 8.51. The minimum atomic E-state index is -0.739. The number of benzene rings is 1. The molecule has 1 aromatic rings. The van der Waals surface area contributed by atoms with Crippen LogP contribution in [0.25, 0.3) is 0 Å². The van der Waals surface area contributed by atoms with Crippen molar-refractivity contribution in [2.24, 2.45) is 0 Å². The molecule has 0 aliphatic rings. The van der Waals surface area contributed by atoms with Crippen LogP contribution in [-0.2, 0) is 0 Å². The van der Waals surface area contributed by atoms with Crippen molar-refractivity contribution in [2.75, 3.05) is 13.7 Å². The summed E-state index contributed by atoms with van der Waals surface area (Å²) in [7, 11) is 1.59. The molecule has 1 N–H and O–H groups in total. The Labute approximate surface area is 88.7 Å². The third-order valence-electron chi connectivity index (χ3n) is 1.83. The molecule has 0 aromatic heterocycles. The summed E-state index contributed by atoms with van der Waals surface area (Å²) in [6.45, 7) is 0.125. The number of nitriles is 1. The number of rotatable bonds is 5. The fourth-order valence-corrected chi connectivity index (χ4v) is 1.03. The van der Waals surface area contributed by atoms with Gasteiger partial charge in [-0.3, -0.25) is 0 Å². The second kappa shape index (κ2) is 5.89. The Hall–Kier alpha value is -1.73. The van der Waals surface area contributed by atoms with Gasteiger partial charge >= 0.3 is 0 Å². The van der Waals surface area contributed by atoms with E-state index in [1.165, 1.54) is 0 Å². The maximum absolute atomic E-state index is 9.24. The number of hydrogen-bond acceptors (Lipinski definition) is 4. The molecule has 0 aliphatic heterocycles. The van der Waals surface area contributed by atoms with Crippen LogP contribution >= 0.6 is 0 Å². The van der Waals surface area contributed by atoms with Crippen LogP contribution in [0.5, 0.6) is 11.5 Å². The molecule has 0 saturated carbocycles. The molecule has 1 unspecified atom stereocenters. The third-order valence-corrected chi connectivity index (χ3v) is 1.83. The Balaban J connectivity index is 2.41. The highest BCUT2D eigenvalue weighted by atomic mass is 16.5. The van der Waals surface area contributed by atoms with Crippen molar-refractivity contribution in [3.05, 3.63) is 24.3 Å². The Morgan fingerprint density at radius 1 is 1.33 bits per heavy atom. The highest BCUT2D eigenvalue weighted by Gasteiger charge is 2.03. The van der Waals surface area contributed by atoms with Gasteiger partial charge in [0.15, 0.2) is 0 Å². The summed E-state index contributed by atoms with van der Waals surface area (Å²) in [5.41, 5.74) is 0. The molecule has 1 atom stereocenters. The number of hydrogen-bond donors (Lipinski definition) is 1. The number of ether oxygens (including phenoxy) is 2. The van der Waals surface area contributed by atoms with Gasteiger partial charge in [-0.25, -0.2) is 0 Å². The van der Waals surface area contributed by atoms with Crippen molar-refractivity contribution >= 4 is 0 Å². The van der Waals surface area contributed by atoms with Gasteiger partial charge in [-0.05, 0) is 24.3 Å². The van der Waals surface area contributed by atoms with Crippen LogP contribution in [0.1, 0.15) is 6.42 Å². The van der Waals surface area contributed by atoms with Crippen molar-refractivity contribution in [1.29, 1.82) is 5.26 Å². The summed E-state index contributed by atoms with van der Waals surface area (Å²) >= 11 is 0. The van der Waals surface area contributed by atoms with Gasteiger partial charge in [-0.15, -0.1) is 0 Å². The summed E-state index contributed by atoms with van der Waals surface area (Å²) in [6, 6.07) is 8.91. The number of nitrogens with zero attached hydrogens (tertiary/aromatic N) is 1. The fourth-order valence-electron chi connectivity index (χ4n) is 1.03. The highest BCUT2D eigenvalue weighted by Crippen LogP contribution is 2.17. The zero-order chi connectivity index (χ0) is 11.1. The van der Waals surface area contributed by atoms with E-state index < -0.39 is 6.10 Å². The van der Waals surface area contributed by atoms with Crippen molar-refractivity contribution in [2.45, 2.75) is 12.5 Å². The molecule has 4 nitrogen and oxygen atoms in total. The molecular weight excluding hydrogens is 194 g/mol. The van der Waals surface area contributed by atoms with Crippen LogP contribution < -0.4 is 9.47 Å². The average Bonchev–Trinajstić information content (AvgIpc) is 2.27. The van der Waals surface area contributed by atoms with Crippen LogP contribution in [0.4, 0.5) is 0 Å². The van der Waals surface area contributed by atoms with E-state index in [0.29, 0.717) is 5.75 Å². The maximum atomic E-state index is 9.24. The predicted molar refractivity (Wildman–Crippen MR) is 54.7 cm³/mol. The van der Waals surface area contributed by atoms with Gasteiger partial charge in [-0.1, -0.05) is 0 Å². The summed E-state index contributed by atoms with van der Waals surface area (Å²) in [4.78, 5) is 0. The molecule has 80 valence electrons. The molecule has 0 radical (unpaired) electrons. The van der Waals surface area contributed by atoms with Gasteiger partial charge in [0.25, 0.3) is 0 Å². The van der Waals surface area contributed by atoms with Crippen LogP contribution in [0.3, 0.4) is 0 Å². The quantitative estimate of drug-likeness (QED) is 0.791. The third kappa shape index (κ3) is 3.88. The Morgan fingerprint density at radius 3 is 2.47 bits per heavy atom. The Bertz CT molecular complexity index is 329. The minimum Gasteiger partial charge on any atom is -0.497 e. The first kappa shape index (κ1) is 11.3. The topological polar surface area (TPSA) is 62.5 Å². The first-order chi connectivity index (χ1) is 7.26. The number of methoxy groups -OCH3 is 1. The predicted octanol–water partition coefficient (Wildman–Crippen LogP) is 1.35. The van der Waals surface area contributed by atoms with E-state index in [2.05, 4.69) is 0 Å². The first-order valence-electron chi connectivity index (χ1n) is 4.58. The summed E-state index contributed by atoms with van der Waals surface area (Å²) in [6.07, 6.45) is -0.659. The molecule has 0 amide bonds. The van der Waals surface area contributed by atoms with E-state index in [9.17, 15) is 5.11 Å². The lowest BCUT2D eigenvalue weighted by Gasteiger charge is -2.09.